The second-order valence-corrected chi connectivity index (χ2v) is 4.81. The van der Waals surface area contributed by atoms with E-state index in [9.17, 15) is 9.90 Å². The van der Waals surface area contributed by atoms with Gasteiger partial charge in [-0.25, -0.2) is 0 Å². The molecule has 0 aromatic carbocycles. The molecule has 1 heterocycles. The fourth-order valence-electron chi connectivity index (χ4n) is 1.71. The predicted octanol–water partition coefficient (Wildman–Crippen LogP) is 1.28. The topological polar surface area (TPSA) is 45.5 Å². The summed E-state index contributed by atoms with van der Waals surface area (Å²) >= 11 is 0. The molecular weight excluding hydrogens is 204 g/mol. The Morgan fingerprint density at radius 3 is 2.38 bits per heavy atom. The van der Waals surface area contributed by atoms with Gasteiger partial charge in [-0.1, -0.05) is 0 Å². The Kier molecular flexibility index (Phi) is 3.75. The first-order valence-electron chi connectivity index (χ1n) is 5.41. The predicted molar refractivity (Wildman–Crippen MR) is 63.1 cm³/mol. The molecule has 0 spiro atoms. The molecule has 90 valence electrons. The van der Waals surface area contributed by atoms with Gasteiger partial charge in [0.15, 0.2) is 0 Å². The van der Waals surface area contributed by atoms with Crippen LogP contribution < -0.4 is 0 Å². The van der Waals surface area contributed by atoms with Crippen molar-refractivity contribution in [3.8, 4) is 0 Å². The molecule has 0 saturated carbocycles. The molecule has 1 atom stereocenters. The van der Waals surface area contributed by atoms with Crippen LogP contribution in [0, 0.1) is 0 Å². The zero-order valence-electron chi connectivity index (χ0n) is 10.3. The molecule has 4 nitrogen and oxygen atoms in total. The maximum atomic E-state index is 12.0. The molecule has 1 N–H and O–H groups in total. The van der Waals surface area contributed by atoms with Crippen molar-refractivity contribution in [2.45, 2.75) is 32.4 Å². The molecule has 1 aromatic heterocycles. The number of hydrogen-bond donors (Lipinski definition) is 1. The van der Waals surface area contributed by atoms with Crippen molar-refractivity contribution in [3.63, 3.8) is 0 Å². The number of amides is 1. The minimum absolute atomic E-state index is 0.00155. The van der Waals surface area contributed by atoms with E-state index in [1.54, 1.807) is 25.8 Å². The summed E-state index contributed by atoms with van der Waals surface area (Å²) in [5.74, 6) is -0.00155. The molecule has 1 aromatic rings. The molecule has 0 bridgehead atoms. The fourth-order valence-corrected chi connectivity index (χ4v) is 1.71. The zero-order valence-corrected chi connectivity index (χ0v) is 10.3. The van der Waals surface area contributed by atoms with Gasteiger partial charge in [0.2, 0.25) is 5.91 Å². The molecule has 4 heteroatoms. The summed E-state index contributed by atoms with van der Waals surface area (Å²) in [7, 11) is 1.71. The highest BCUT2D eigenvalue weighted by Crippen LogP contribution is 2.11. The van der Waals surface area contributed by atoms with Crippen LogP contribution >= 0.6 is 0 Å². The van der Waals surface area contributed by atoms with E-state index in [0.29, 0.717) is 6.54 Å². The highest BCUT2D eigenvalue weighted by Gasteiger charge is 2.23. The van der Waals surface area contributed by atoms with Crippen molar-refractivity contribution in [2.24, 2.45) is 0 Å². The Hall–Kier alpha value is -1.29. The first kappa shape index (κ1) is 12.8. The lowest BCUT2D eigenvalue weighted by Crippen LogP contribution is -2.42. The smallest absolute Gasteiger partial charge is 0.245 e. The molecule has 1 rings (SSSR count). The lowest BCUT2D eigenvalue weighted by Gasteiger charge is -2.28. The van der Waals surface area contributed by atoms with E-state index in [4.69, 9.17) is 0 Å². The number of aliphatic hydroxyl groups is 1. The molecule has 0 aliphatic rings. The lowest BCUT2D eigenvalue weighted by atomic mass is 10.1. The molecular formula is C12H20N2O2. The van der Waals surface area contributed by atoms with Crippen LogP contribution in [0.3, 0.4) is 0 Å². The monoisotopic (exact) mass is 224 g/mol. The van der Waals surface area contributed by atoms with E-state index in [2.05, 4.69) is 0 Å². The van der Waals surface area contributed by atoms with Crippen molar-refractivity contribution in [2.75, 3.05) is 13.6 Å². The third kappa shape index (κ3) is 3.38. The second-order valence-electron chi connectivity index (χ2n) is 4.81. The summed E-state index contributed by atoms with van der Waals surface area (Å²) in [4.78, 5) is 13.6. The quantitative estimate of drug-likeness (QED) is 0.837. The summed E-state index contributed by atoms with van der Waals surface area (Å²) in [5.41, 5.74) is -0.860. The molecule has 0 fully saturated rings. The van der Waals surface area contributed by atoms with Crippen LogP contribution in [0.5, 0.6) is 0 Å². The molecule has 16 heavy (non-hydrogen) atoms. The van der Waals surface area contributed by atoms with Gasteiger partial charge in [0.1, 0.15) is 6.04 Å². The molecule has 1 amide bonds. The van der Waals surface area contributed by atoms with Crippen molar-refractivity contribution in [3.05, 3.63) is 24.5 Å². The average molecular weight is 224 g/mol. The highest BCUT2D eigenvalue weighted by atomic mass is 16.3. The fraction of sp³-hybridized carbons (Fsp3) is 0.583. The number of nitrogens with zero attached hydrogens (tertiary/aromatic N) is 2. The molecule has 0 saturated heterocycles. The van der Waals surface area contributed by atoms with Gasteiger partial charge >= 0.3 is 0 Å². The lowest BCUT2D eigenvalue weighted by molar-refractivity contribution is -0.135. The molecule has 0 radical (unpaired) electrons. The number of rotatable bonds is 4. The maximum absolute atomic E-state index is 12.0. The second kappa shape index (κ2) is 4.70. The standard InChI is InChI=1S/C12H20N2O2/c1-10(14-7-5-6-8-14)11(15)13(4)9-12(2,3)16/h5-8,10,16H,9H2,1-4H3. The van der Waals surface area contributed by atoms with Crippen LogP contribution in [0.1, 0.15) is 26.8 Å². The molecule has 0 aliphatic carbocycles. The van der Waals surface area contributed by atoms with Crippen LogP contribution in [0.4, 0.5) is 0 Å². The van der Waals surface area contributed by atoms with Crippen LogP contribution in [-0.4, -0.2) is 39.7 Å². The van der Waals surface area contributed by atoms with E-state index >= 15 is 0 Å². The largest absolute Gasteiger partial charge is 0.389 e. The third-order valence-corrected chi connectivity index (χ3v) is 2.43. The van der Waals surface area contributed by atoms with Crippen molar-refractivity contribution in [1.82, 2.24) is 9.47 Å². The average Bonchev–Trinajstić information content (AvgIpc) is 2.65. The first-order chi connectivity index (χ1) is 7.31. The highest BCUT2D eigenvalue weighted by molar-refractivity contribution is 5.79. The SMILES string of the molecule is CC(C(=O)N(C)CC(C)(C)O)n1cccc1. The Morgan fingerprint density at radius 2 is 1.94 bits per heavy atom. The van der Waals surface area contributed by atoms with Crippen LogP contribution in [0.2, 0.25) is 0 Å². The van der Waals surface area contributed by atoms with Crippen LogP contribution in [-0.2, 0) is 4.79 Å². The maximum Gasteiger partial charge on any atom is 0.245 e. The minimum Gasteiger partial charge on any atom is -0.389 e. The molecule has 0 aliphatic heterocycles. The van der Waals surface area contributed by atoms with E-state index < -0.39 is 5.60 Å². The Balaban J connectivity index is 2.64. The number of carbonyl (C=O) groups is 1. The summed E-state index contributed by atoms with van der Waals surface area (Å²) in [5, 5.41) is 9.65. The van der Waals surface area contributed by atoms with E-state index in [1.807, 2.05) is 36.0 Å². The van der Waals surface area contributed by atoms with Gasteiger partial charge in [0, 0.05) is 26.0 Å². The summed E-state index contributed by atoms with van der Waals surface area (Å²) < 4.78 is 1.85. The summed E-state index contributed by atoms with van der Waals surface area (Å²) in [6.07, 6.45) is 3.72. The van der Waals surface area contributed by atoms with Gasteiger partial charge in [0.05, 0.1) is 5.60 Å². The number of hydrogen-bond acceptors (Lipinski definition) is 2. The van der Waals surface area contributed by atoms with Gasteiger partial charge in [-0.2, -0.15) is 0 Å². The third-order valence-electron chi connectivity index (χ3n) is 2.43. The van der Waals surface area contributed by atoms with Gasteiger partial charge < -0.3 is 14.6 Å². The normalized spacial score (nSPS) is 13.6. The summed E-state index contributed by atoms with van der Waals surface area (Å²) in [6.45, 7) is 5.56. The van der Waals surface area contributed by atoms with Crippen LogP contribution in [0.15, 0.2) is 24.5 Å². The molecule has 1 unspecified atom stereocenters. The Bertz CT molecular complexity index is 338. The first-order valence-corrected chi connectivity index (χ1v) is 5.41. The van der Waals surface area contributed by atoms with E-state index in [-0.39, 0.29) is 11.9 Å². The van der Waals surface area contributed by atoms with Gasteiger partial charge in [0.25, 0.3) is 0 Å². The van der Waals surface area contributed by atoms with Crippen molar-refractivity contribution < 1.29 is 9.90 Å². The number of carbonyl (C=O) groups excluding carboxylic acids is 1. The minimum atomic E-state index is -0.860. The van der Waals surface area contributed by atoms with Crippen molar-refractivity contribution >= 4 is 5.91 Å². The van der Waals surface area contributed by atoms with Crippen LogP contribution in [0.25, 0.3) is 0 Å². The van der Waals surface area contributed by atoms with E-state index in [1.165, 1.54) is 0 Å². The number of likely N-dealkylation sites (N-methyl/N-ethyl adjacent to an activating group) is 1. The van der Waals surface area contributed by atoms with Gasteiger partial charge in [-0.3, -0.25) is 4.79 Å². The van der Waals surface area contributed by atoms with E-state index in [0.717, 1.165) is 0 Å². The zero-order chi connectivity index (χ0) is 12.3. The van der Waals surface area contributed by atoms with Gasteiger partial charge in [-0.05, 0) is 32.9 Å². The summed E-state index contributed by atoms with van der Waals surface area (Å²) in [6, 6.07) is 3.54. The Morgan fingerprint density at radius 1 is 1.44 bits per heavy atom. The van der Waals surface area contributed by atoms with Crippen molar-refractivity contribution in [1.29, 1.82) is 0 Å². The number of aromatic nitrogens is 1. The van der Waals surface area contributed by atoms with Gasteiger partial charge in [-0.15, -0.1) is 0 Å². The Labute approximate surface area is 96.5 Å².